The van der Waals surface area contributed by atoms with Crippen molar-refractivity contribution in [1.82, 2.24) is 5.32 Å². The second-order valence-corrected chi connectivity index (χ2v) is 5.83. The minimum absolute atomic E-state index is 0.240. The number of hydrogen-bond donors (Lipinski definition) is 1. The van der Waals surface area contributed by atoms with Gasteiger partial charge in [0.05, 0.1) is 12.2 Å². The molecule has 0 saturated heterocycles. The van der Waals surface area contributed by atoms with Gasteiger partial charge >= 0.3 is 0 Å². The molecule has 96 valence electrons. The highest BCUT2D eigenvalue weighted by atomic mass is 16.5. The minimum Gasteiger partial charge on any atom is -0.374 e. The summed E-state index contributed by atoms with van der Waals surface area (Å²) in [5.74, 6) is 0. The summed E-state index contributed by atoms with van der Waals surface area (Å²) in [6.45, 7) is 9.88. The van der Waals surface area contributed by atoms with Crippen LogP contribution in [0.4, 0.5) is 0 Å². The van der Waals surface area contributed by atoms with E-state index < -0.39 is 0 Å². The zero-order chi connectivity index (χ0) is 12.0. The molecule has 0 bridgehead atoms. The summed E-state index contributed by atoms with van der Waals surface area (Å²) in [5, 5.41) is 3.57. The lowest BCUT2D eigenvalue weighted by Crippen LogP contribution is -2.43. The van der Waals surface area contributed by atoms with Gasteiger partial charge in [0.1, 0.15) is 0 Å². The van der Waals surface area contributed by atoms with E-state index in [1.807, 2.05) is 0 Å². The largest absolute Gasteiger partial charge is 0.374 e. The van der Waals surface area contributed by atoms with Crippen molar-refractivity contribution in [2.45, 2.75) is 84.0 Å². The van der Waals surface area contributed by atoms with Crippen LogP contribution in [0.2, 0.25) is 0 Å². The summed E-state index contributed by atoms with van der Waals surface area (Å²) in [7, 11) is 0. The highest BCUT2D eigenvalue weighted by Crippen LogP contribution is 2.21. The van der Waals surface area contributed by atoms with Crippen molar-refractivity contribution in [3.63, 3.8) is 0 Å². The van der Waals surface area contributed by atoms with Crippen molar-refractivity contribution >= 4 is 0 Å². The van der Waals surface area contributed by atoms with Gasteiger partial charge in [-0.1, -0.05) is 26.2 Å². The second kappa shape index (κ2) is 6.61. The van der Waals surface area contributed by atoms with Crippen LogP contribution in [0.1, 0.15) is 66.2 Å². The lowest BCUT2D eigenvalue weighted by molar-refractivity contribution is -0.0223. The standard InChI is InChI=1S/C14H29NO/c1-5-14(3,4)15-11-12(2)16-13-9-7-6-8-10-13/h12-13,15H,5-11H2,1-4H3. The molecule has 1 atom stereocenters. The van der Waals surface area contributed by atoms with E-state index in [1.54, 1.807) is 0 Å². The van der Waals surface area contributed by atoms with Gasteiger partial charge < -0.3 is 10.1 Å². The van der Waals surface area contributed by atoms with E-state index in [1.165, 1.54) is 32.1 Å². The molecule has 1 aliphatic carbocycles. The molecule has 0 heterocycles. The van der Waals surface area contributed by atoms with Gasteiger partial charge in [-0.3, -0.25) is 0 Å². The minimum atomic E-state index is 0.240. The maximum atomic E-state index is 6.07. The molecule has 2 heteroatoms. The zero-order valence-electron chi connectivity index (χ0n) is 11.5. The first-order valence-corrected chi connectivity index (χ1v) is 6.94. The molecule has 0 aromatic rings. The Labute approximate surface area is 101 Å². The average molecular weight is 227 g/mol. The van der Waals surface area contributed by atoms with Crippen LogP contribution >= 0.6 is 0 Å². The van der Waals surface area contributed by atoms with Gasteiger partial charge in [0, 0.05) is 12.1 Å². The second-order valence-electron chi connectivity index (χ2n) is 5.83. The molecule has 0 aromatic carbocycles. The maximum Gasteiger partial charge on any atom is 0.0675 e. The molecule has 1 aliphatic rings. The van der Waals surface area contributed by atoms with Gasteiger partial charge in [-0.15, -0.1) is 0 Å². The first-order valence-electron chi connectivity index (χ1n) is 6.94. The van der Waals surface area contributed by atoms with Crippen LogP contribution in [0, 0.1) is 0 Å². The predicted octanol–water partition coefficient (Wildman–Crippen LogP) is 3.50. The third kappa shape index (κ3) is 5.31. The Morgan fingerprint density at radius 2 is 1.88 bits per heavy atom. The Kier molecular flexibility index (Phi) is 5.77. The average Bonchev–Trinajstić information content (AvgIpc) is 2.28. The van der Waals surface area contributed by atoms with Crippen molar-refractivity contribution in [2.24, 2.45) is 0 Å². The Hall–Kier alpha value is -0.0800. The van der Waals surface area contributed by atoms with Gasteiger partial charge in [0.15, 0.2) is 0 Å². The maximum absolute atomic E-state index is 6.07. The smallest absolute Gasteiger partial charge is 0.0675 e. The van der Waals surface area contributed by atoms with Crippen LogP contribution in [0.15, 0.2) is 0 Å². The van der Waals surface area contributed by atoms with Gasteiger partial charge in [-0.05, 0) is 40.0 Å². The normalized spacial score (nSPS) is 21.0. The molecule has 0 spiro atoms. The monoisotopic (exact) mass is 227 g/mol. The van der Waals surface area contributed by atoms with Gasteiger partial charge in [0.25, 0.3) is 0 Å². The van der Waals surface area contributed by atoms with Crippen molar-refractivity contribution in [1.29, 1.82) is 0 Å². The Balaban J connectivity index is 2.17. The molecular weight excluding hydrogens is 198 g/mol. The van der Waals surface area contributed by atoms with E-state index in [4.69, 9.17) is 4.74 Å². The molecule has 1 unspecified atom stereocenters. The summed E-state index contributed by atoms with van der Waals surface area (Å²) in [5.41, 5.74) is 0.240. The van der Waals surface area contributed by atoms with Crippen LogP contribution < -0.4 is 5.32 Å². The first kappa shape index (κ1) is 14.0. The zero-order valence-corrected chi connectivity index (χ0v) is 11.5. The fraction of sp³-hybridized carbons (Fsp3) is 1.00. The quantitative estimate of drug-likeness (QED) is 0.750. The molecule has 0 aliphatic heterocycles. The third-order valence-corrected chi connectivity index (χ3v) is 3.73. The molecule has 0 radical (unpaired) electrons. The number of hydrogen-bond acceptors (Lipinski definition) is 2. The molecule has 1 N–H and O–H groups in total. The number of rotatable bonds is 6. The summed E-state index contributed by atoms with van der Waals surface area (Å²) in [4.78, 5) is 0. The van der Waals surface area contributed by atoms with Crippen LogP contribution in [0.25, 0.3) is 0 Å². The van der Waals surface area contributed by atoms with Crippen LogP contribution in [-0.2, 0) is 4.74 Å². The fourth-order valence-corrected chi connectivity index (χ4v) is 2.12. The highest BCUT2D eigenvalue weighted by molar-refractivity contribution is 4.77. The van der Waals surface area contributed by atoms with E-state index in [9.17, 15) is 0 Å². The lowest BCUT2D eigenvalue weighted by Gasteiger charge is -2.30. The van der Waals surface area contributed by atoms with Crippen molar-refractivity contribution in [2.75, 3.05) is 6.54 Å². The highest BCUT2D eigenvalue weighted by Gasteiger charge is 2.19. The van der Waals surface area contributed by atoms with Crippen LogP contribution in [0.3, 0.4) is 0 Å². The van der Waals surface area contributed by atoms with Crippen molar-refractivity contribution in [3.05, 3.63) is 0 Å². The van der Waals surface area contributed by atoms with Gasteiger partial charge in [-0.2, -0.15) is 0 Å². The van der Waals surface area contributed by atoms with Crippen LogP contribution in [-0.4, -0.2) is 24.3 Å². The van der Waals surface area contributed by atoms with Crippen LogP contribution in [0.5, 0.6) is 0 Å². The Morgan fingerprint density at radius 3 is 2.44 bits per heavy atom. The summed E-state index contributed by atoms with van der Waals surface area (Å²) in [6.07, 6.45) is 8.65. The Morgan fingerprint density at radius 1 is 1.25 bits per heavy atom. The van der Waals surface area contributed by atoms with Crippen molar-refractivity contribution in [3.8, 4) is 0 Å². The topological polar surface area (TPSA) is 21.3 Å². The summed E-state index contributed by atoms with van der Waals surface area (Å²) >= 11 is 0. The lowest BCUT2D eigenvalue weighted by atomic mass is 9.97. The molecular formula is C14H29NO. The van der Waals surface area contributed by atoms with E-state index in [2.05, 4.69) is 33.0 Å². The fourth-order valence-electron chi connectivity index (χ4n) is 2.12. The first-order chi connectivity index (χ1) is 7.53. The van der Waals surface area contributed by atoms with Gasteiger partial charge in [0.2, 0.25) is 0 Å². The van der Waals surface area contributed by atoms with E-state index >= 15 is 0 Å². The summed E-state index contributed by atoms with van der Waals surface area (Å²) in [6, 6.07) is 0. The molecule has 1 saturated carbocycles. The molecule has 2 nitrogen and oxygen atoms in total. The van der Waals surface area contributed by atoms with Crippen molar-refractivity contribution < 1.29 is 4.74 Å². The Bertz CT molecular complexity index is 185. The molecule has 0 aromatic heterocycles. The third-order valence-electron chi connectivity index (χ3n) is 3.73. The molecule has 1 fully saturated rings. The molecule has 16 heavy (non-hydrogen) atoms. The molecule has 1 rings (SSSR count). The van der Waals surface area contributed by atoms with E-state index in [0.717, 1.165) is 13.0 Å². The number of ether oxygens (including phenoxy) is 1. The van der Waals surface area contributed by atoms with Gasteiger partial charge in [-0.25, -0.2) is 0 Å². The SMILES string of the molecule is CCC(C)(C)NCC(C)OC1CCCCC1. The predicted molar refractivity (Wildman–Crippen MR) is 69.8 cm³/mol. The number of nitrogens with one attached hydrogen (secondary N) is 1. The van der Waals surface area contributed by atoms with E-state index in [-0.39, 0.29) is 5.54 Å². The molecule has 0 amide bonds. The van der Waals surface area contributed by atoms with E-state index in [0.29, 0.717) is 12.2 Å². The summed E-state index contributed by atoms with van der Waals surface area (Å²) < 4.78 is 6.07.